The number of fused-ring (bicyclic) bond motifs is 1. The van der Waals surface area contributed by atoms with E-state index in [-0.39, 0.29) is 18.4 Å². The van der Waals surface area contributed by atoms with Gasteiger partial charge in [-0.3, -0.25) is 4.79 Å². The third-order valence-corrected chi connectivity index (χ3v) is 4.45. The number of nitrogens with one attached hydrogen (secondary N) is 1. The third kappa shape index (κ3) is 3.13. The minimum absolute atomic E-state index is 0.0720. The maximum atomic E-state index is 12.4. The molecule has 3 aromatic rings. The molecule has 0 saturated carbocycles. The number of anilines is 1. The van der Waals surface area contributed by atoms with Crippen molar-refractivity contribution in [2.75, 3.05) is 11.9 Å². The molecule has 27 heavy (non-hydrogen) atoms. The first-order valence-electron chi connectivity index (χ1n) is 8.50. The van der Waals surface area contributed by atoms with Gasteiger partial charge in [0, 0.05) is 30.3 Å². The van der Waals surface area contributed by atoms with Crippen LogP contribution in [0.1, 0.15) is 29.2 Å². The molecule has 1 aromatic carbocycles. The summed E-state index contributed by atoms with van der Waals surface area (Å²) in [5, 5.41) is 7.48. The number of carbonyl (C=O) groups is 1. The quantitative estimate of drug-likeness (QED) is 0.724. The topological polar surface area (TPSA) is 81.9 Å². The lowest BCUT2D eigenvalue weighted by molar-refractivity contribution is -0.116. The molecular formula is C20H17N5O2. The largest absolute Gasteiger partial charge is 0.481 e. The van der Waals surface area contributed by atoms with Gasteiger partial charge in [0.1, 0.15) is 18.2 Å². The molecule has 1 aliphatic rings. The third-order valence-electron chi connectivity index (χ3n) is 4.45. The predicted molar refractivity (Wildman–Crippen MR) is 99.8 cm³/mol. The molecule has 0 spiro atoms. The number of rotatable bonds is 4. The minimum Gasteiger partial charge on any atom is -0.481 e. The van der Waals surface area contributed by atoms with Crippen molar-refractivity contribution in [2.45, 2.75) is 19.3 Å². The van der Waals surface area contributed by atoms with Crippen LogP contribution in [0.2, 0.25) is 0 Å². The van der Waals surface area contributed by atoms with E-state index in [1.165, 1.54) is 0 Å². The average molecular weight is 359 g/mol. The van der Waals surface area contributed by atoms with Gasteiger partial charge in [-0.15, -0.1) is 6.42 Å². The number of nitrogens with zero attached hydrogens (tertiary/aromatic N) is 4. The molecule has 134 valence electrons. The molecule has 2 aromatic heterocycles. The zero-order valence-electron chi connectivity index (χ0n) is 14.7. The zero-order valence-corrected chi connectivity index (χ0v) is 14.7. The Kier molecular flexibility index (Phi) is 4.30. The monoisotopic (exact) mass is 359 g/mol. The maximum absolute atomic E-state index is 12.4. The second-order valence-corrected chi connectivity index (χ2v) is 6.18. The number of ether oxygens (including phenoxy) is 1. The highest BCUT2D eigenvalue weighted by Crippen LogP contribution is 2.40. The number of amides is 1. The SMILES string of the molecule is C#CCOc1ccc([C@H]2CC(=O)Nc3c2c(C)nn3-c2ncccn2)cc1. The van der Waals surface area contributed by atoms with E-state index in [1.807, 2.05) is 31.2 Å². The number of carbonyl (C=O) groups excluding carboxylic acids is 1. The Bertz CT molecular complexity index is 1020. The lowest BCUT2D eigenvalue weighted by Crippen LogP contribution is -2.25. The fourth-order valence-electron chi connectivity index (χ4n) is 3.30. The van der Waals surface area contributed by atoms with Crippen molar-refractivity contribution in [3.05, 3.63) is 59.5 Å². The van der Waals surface area contributed by atoms with Crippen LogP contribution in [0.3, 0.4) is 0 Å². The van der Waals surface area contributed by atoms with Gasteiger partial charge in [0.05, 0.1) is 5.69 Å². The van der Waals surface area contributed by atoms with E-state index >= 15 is 0 Å². The Morgan fingerprint density at radius 1 is 1.30 bits per heavy atom. The minimum atomic E-state index is -0.104. The molecule has 3 heterocycles. The lowest BCUT2D eigenvalue weighted by Gasteiger charge is -2.24. The van der Waals surface area contributed by atoms with Crippen LogP contribution in [0.5, 0.6) is 5.75 Å². The number of aryl methyl sites for hydroxylation is 1. The molecule has 1 amide bonds. The predicted octanol–water partition coefficient (Wildman–Crippen LogP) is 2.46. The van der Waals surface area contributed by atoms with Crippen molar-refractivity contribution in [3.63, 3.8) is 0 Å². The Balaban J connectivity index is 1.74. The molecule has 7 nitrogen and oxygen atoms in total. The van der Waals surface area contributed by atoms with E-state index in [4.69, 9.17) is 11.2 Å². The van der Waals surface area contributed by atoms with Gasteiger partial charge in [-0.25, -0.2) is 9.97 Å². The van der Waals surface area contributed by atoms with Gasteiger partial charge in [0.2, 0.25) is 5.91 Å². The maximum Gasteiger partial charge on any atom is 0.252 e. The van der Waals surface area contributed by atoms with Crippen molar-refractivity contribution in [3.8, 4) is 24.0 Å². The van der Waals surface area contributed by atoms with E-state index in [2.05, 4.69) is 26.3 Å². The second kappa shape index (κ2) is 6.92. The van der Waals surface area contributed by atoms with E-state index in [0.29, 0.717) is 23.9 Å². The molecule has 0 fully saturated rings. The molecule has 0 radical (unpaired) electrons. The van der Waals surface area contributed by atoms with E-state index < -0.39 is 0 Å². The standard InChI is InChI=1S/C20H17N5O2/c1-3-11-27-15-7-5-14(6-8-15)16-12-17(26)23-19-18(16)13(2)24-25(19)20-21-9-4-10-22-20/h1,4-10,16H,11-12H2,2H3,(H,23,26)/t16-/m1/s1. The molecule has 0 aliphatic carbocycles. The number of benzene rings is 1. The summed E-state index contributed by atoms with van der Waals surface area (Å²) < 4.78 is 7.01. The zero-order chi connectivity index (χ0) is 18.8. The van der Waals surface area contributed by atoms with Crippen molar-refractivity contribution < 1.29 is 9.53 Å². The van der Waals surface area contributed by atoms with Crippen molar-refractivity contribution in [2.24, 2.45) is 0 Å². The van der Waals surface area contributed by atoms with Crippen LogP contribution in [0.4, 0.5) is 5.82 Å². The lowest BCUT2D eigenvalue weighted by atomic mass is 9.86. The fraction of sp³-hybridized carbons (Fsp3) is 0.200. The van der Waals surface area contributed by atoms with Gasteiger partial charge in [0.25, 0.3) is 5.95 Å². The van der Waals surface area contributed by atoms with Gasteiger partial charge in [-0.1, -0.05) is 18.1 Å². The van der Waals surface area contributed by atoms with Gasteiger partial charge < -0.3 is 10.1 Å². The normalized spacial score (nSPS) is 15.6. The molecule has 7 heteroatoms. The van der Waals surface area contributed by atoms with Crippen LogP contribution in [0.15, 0.2) is 42.7 Å². The number of hydrogen-bond acceptors (Lipinski definition) is 5. The molecule has 4 rings (SSSR count). The fourth-order valence-corrected chi connectivity index (χ4v) is 3.30. The van der Waals surface area contributed by atoms with Crippen LogP contribution >= 0.6 is 0 Å². The molecule has 0 bridgehead atoms. The average Bonchev–Trinajstić information content (AvgIpc) is 3.03. The summed E-state index contributed by atoms with van der Waals surface area (Å²) in [6.45, 7) is 2.14. The number of hydrogen-bond donors (Lipinski definition) is 1. The Morgan fingerprint density at radius 3 is 2.74 bits per heavy atom. The summed E-state index contributed by atoms with van der Waals surface area (Å²) >= 11 is 0. The van der Waals surface area contributed by atoms with E-state index in [0.717, 1.165) is 16.8 Å². The molecule has 0 saturated heterocycles. The molecule has 1 atom stereocenters. The highest BCUT2D eigenvalue weighted by molar-refractivity contribution is 5.95. The molecular weight excluding hydrogens is 342 g/mol. The smallest absolute Gasteiger partial charge is 0.252 e. The van der Waals surface area contributed by atoms with Crippen LogP contribution < -0.4 is 10.1 Å². The van der Waals surface area contributed by atoms with Crippen molar-refractivity contribution >= 4 is 11.7 Å². The molecule has 0 unspecified atom stereocenters. The van der Waals surface area contributed by atoms with Gasteiger partial charge in [-0.05, 0) is 30.7 Å². The summed E-state index contributed by atoms with van der Waals surface area (Å²) in [6, 6.07) is 9.36. The summed E-state index contributed by atoms with van der Waals surface area (Å²) in [5.74, 6) is 4.00. The first-order valence-corrected chi connectivity index (χ1v) is 8.50. The Hall–Kier alpha value is -3.66. The van der Waals surface area contributed by atoms with Crippen molar-refractivity contribution in [1.29, 1.82) is 0 Å². The summed E-state index contributed by atoms with van der Waals surface area (Å²) in [4.78, 5) is 20.8. The number of terminal acetylenes is 1. The highest BCUT2D eigenvalue weighted by atomic mass is 16.5. The second-order valence-electron chi connectivity index (χ2n) is 6.18. The molecule has 1 N–H and O–H groups in total. The Morgan fingerprint density at radius 2 is 2.04 bits per heavy atom. The summed E-state index contributed by atoms with van der Waals surface area (Å²) in [5.41, 5.74) is 2.81. The van der Waals surface area contributed by atoms with Crippen LogP contribution in [-0.2, 0) is 4.79 Å². The highest BCUT2D eigenvalue weighted by Gasteiger charge is 2.33. The first kappa shape index (κ1) is 16.8. The number of aromatic nitrogens is 4. The first-order chi connectivity index (χ1) is 13.2. The van der Waals surface area contributed by atoms with E-state index in [9.17, 15) is 4.79 Å². The van der Waals surface area contributed by atoms with Crippen LogP contribution in [-0.4, -0.2) is 32.3 Å². The van der Waals surface area contributed by atoms with Gasteiger partial charge in [0.15, 0.2) is 0 Å². The molecule has 1 aliphatic heterocycles. The van der Waals surface area contributed by atoms with Crippen molar-refractivity contribution in [1.82, 2.24) is 19.7 Å². The summed E-state index contributed by atoms with van der Waals surface area (Å²) in [6.07, 6.45) is 8.85. The van der Waals surface area contributed by atoms with Crippen LogP contribution in [0.25, 0.3) is 5.95 Å². The summed E-state index contributed by atoms with van der Waals surface area (Å²) in [7, 11) is 0. The van der Waals surface area contributed by atoms with Gasteiger partial charge in [-0.2, -0.15) is 9.78 Å². The van der Waals surface area contributed by atoms with E-state index in [1.54, 1.807) is 23.1 Å². The van der Waals surface area contributed by atoms with Crippen LogP contribution in [0, 0.1) is 19.3 Å². The van der Waals surface area contributed by atoms with Gasteiger partial charge >= 0.3 is 0 Å². The Labute approximate surface area is 156 Å².